The predicted molar refractivity (Wildman–Crippen MR) is 32.9 cm³/mol. The second-order valence-electron chi connectivity index (χ2n) is 1.21. The molecule has 4 heteroatoms. The molecule has 0 saturated heterocycles. The van der Waals surface area contributed by atoms with E-state index in [-0.39, 0.29) is 17.5 Å². The molecule has 0 unspecified atom stereocenters. The van der Waals surface area contributed by atoms with Crippen molar-refractivity contribution in [3.05, 3.63) is 0 Å². The van der Waals surface area contributed by atoms with E-state index in [1.165, 1.54) is 7.11 Å². The molecule has 0 spiro atoms. The van der Waals surface area contributed by atoms with Crippen LogP contribution in [0.1, 0.15) is 6.42 Å². The minimum Gasteiger partial charge on any atom is -0.484 e. The van der Waals surface area contributed by atoms with Gasteiger partial charge in [-0.25, -0.2) is 0 Å². The van der Waals surface area contributed by atoms with Crippen LogP contribution in [0.15, 0.2) is 0 Å². The van der Waals surface area contributed by atoms with Crippen LogP contribution < -0.4 is 0 Å². The summed E-state index contributed by atoms with van der Waals surface area (Å²) in [4.78, 5) is 0. The fourth-order valence-electron chi connectivity index (χ4n) is 0.213. The molecule has 0 saturated carbocycles. The van der Waals surface area contributed by atoms with Crippen LogP contribution in [0, 0.1) is 10.8 Å². The van der Waals surface area contributed by atoms with Gasteiger partial charge in [0.1, 0.15) is 5.17 Å². The van der Waals surface area contributed by atoms with Gasteiger partial charge in [-0.3, -0.25) is 10.8 Å². The Kier molecular flexibility index (Phi) is 3.19. The van der Waals surface area contributed by atoms with E-state index in [1.54, 1.807) is 0 Å². The predicted octanol–water partition coefficient (Wildman–Crippen LogP) is 1.22. The van der Waals surface area contributed by atoms with Gasteiger partial charge in [0.25, 0.3) is 0 Å². The van der Waals surface area contributed by atoms with Crippen molar-refractivity contribution < 1.29 is 4.74 Å². The zero-order valence-corrected chi connectivity index (χ0v) is 5.25. The summed E-state index contributed by atoms with van der Waals surface area (Å²) in [6.45, 7) is 0. The van der Waals surface area contributed by atoms with Gasteiger partial charge in [-0.2, -0.15) is 0 Å². The van der Waals surface area contributed by atoms with Gasteiger partial charge in [0.2, 0.25) is 0 Å². The Morgan fingerprint density at radius 2 is 2.12 bits per heavy atom. The van der Waals surface area contributed by atoms with E-state index >= 15 is 0 Å². The van der Waals surface area contributed by atoms with Crippen LogP contribution in [-0.4, -0.2) is 18.2 Å². The lowest BCUT2D eigenvalue weighted by Crippen LogP contribution is -2.02. The van der Waals surface area contributed by atoms with Crippen LogP contribution in [0.2, 0.25) is 0 Å². The van der Waals surface area contributed by atoms with Gasteiger partial charge < -0.3 is 4.74 Å². The minimum atomic E-state index is -0.0724. The van der Waals surface area contributed by atoms with E-state index in [9.17, 15) is 0 Å². The molecule has 0 aromatic carbocycles. The fraction of sp³-hybridized carbons (Fsp3) is 0.500. The lowest BCUT2D eigenvalue weighted by atomic mass is 10.5. The first-order valence-corrected chi connectivity index (χ1v) is 2.39. The van der Waals surface area contributed by atoms with E-state index in [0.717, 1.165) is 0 Å². The number of methoxy groups -OCH3 is 1. The van der Waals surface area contributed by atoms with E-state index in [0.29, 0.717) is 0 Å². The van der Waals surface area contributed by atoms with Crippen molar-refractivity contribution in [2.24, 2.45) is 0 Å². The Morgan fingerprint density at radius 3 is 2.25 bits per heavy atom. The summed E-state index contributed by atoms with van der Waals surface area (Å²) in [5.41, 5.74) is 0. The highest BCUT2D eigenvalue weighted by Gasteiger charge is 1.95. The summed E-state index contributed by atoms with van der Waals surface area (Å²) in [5, 5.41) is 13.4. The molecule has 0 aliphatic heterocycles. The molecule has 0 aliphatic carbocycles. The van der Waals surface area contributed by atoms with E-state index < -0.39 is 0 Å². The number of hydrogen-bond donors (Lipinski definition) is 2. The lowest BCUT2D eigenvalue weighted by molar-refractivity contribution is 0.393. The summed E-state index contributed by atoms with van der Waals surface area (Å²) < 4.78 is 4.42. The first-order chi connectivity index (χ1) is 3.66. The smallest absolute Gasteiger partial charge is 0.187 e. The Balaban J connectivity index is 3.40. The number of nitrogens with one attached hydrogen (secondary N) is 2. The second kappa shape index (κ2) is 3.43. The Hall–Kier alpha value is -0.570. The van der Waals surface area contributed by atoms with Crippen molar-refractivity contribution in [3.8, 4) is 0 Å². The normalized spacial score (nSPS) is 8.25. The molecule has 2 N–H and O–H groups in total. The van der Waals surface area contributed by atoms with Crippen LogP contribution >= 0.6 is 11.6 Å². The summed E-state index contributed by atoms with van der Waals surface area (Å²) in [5.74, 6) is 0.0185. The van der Waals surface area contributed by atoms with Crippen LogP contribution in [-0.2, 0) is 4.74 Å². The Bertz CT molecular complexity index is 113. The average molecular weight is 135 g/mol. The largest absolute Gasteiger partial charge is 0.484 e. The van der Waals surface area contributed by atoms with Crippen LogP contribution in [0.5, 0.6) is 0 Å². The van der Waals surface area contributed by atoms with Gasteiger partial charge in [-0.15, -0.1) is 0 Å². The zero-order chi connectivity index (χ0) is 6.57. The molecular weight excluding hydrogens is 128 g/mol. The highest BCUT2D eigenvalue weighted by atomic mass is 35.5. The topological polar surface area (TPSA) is 56.9 Å². The number of rotatable bonds is 2. The molecule has 0 atom stereocenters. The Morgan fingerprint density at radius 1 is 1.62 bits per heavy atom. The van der Waals surface area contributed by atoms with Gasteiger partial charge in [-0.05, 0) is 0 Å². The molecule has 0 fully saturated rings. The third kappa shape index (κ3) is 3.61. The molecule has 46 valence electrons. The molecule has 0 aromatic rings. The van der Waals surface area contributed by atoms with Gasteiger partial charge in [0, 0.05) is 0 Å². The fourth-order valence-corrected chi connectivity index (χ4v) is 0.335. The van der Waals surface area contributed by atoms with Crippen molar-refractivity contribution in [1.29, 1.82) is 10.8 Å². The molecule has 0 amide bonds. The number of halogens is 1. The molecule has 0 aromatic heterocycles. The third-order valence-corrected chi connectivity index (χ3v) is 0.696. The van der Waals surface area contributed by atoms with Gasteiger partial charge in [0.05, 0.1) is 13.5 Å². The van der Waals surface area contributed by atoms with E-state index in [1.807, 2.05) is 0 Å². The van der Waals surface area contributed by atoms with Gasteiger partial charge >= 0.3 is 0 Å². The van der Waals surface area contributed by atoms with Crippen LogP contribution in [0.4, 0.5) is 0 Å². The van der Waals surface area contributed by atoms with E-state index in [4.69, 9.17) is 22.4 Å². The second-order valence-corrected chi connectivity index (χ2v) is 1.67. The maximum atomic E-state index is 6.82. The van der Waals surface area contributed by atoms with Crippen molar-refractivity contribution in [1.82, 2.24) is 0 Å². The molecular formula is C4H7ClN2O. The van der Waals surface area contributed by atoms with Crippen LogP contribution in [0.25, 0.3) is 0 Å². The molecule has 3 nitrogen and oxygen atoms in total. The van der Waals surface area contributed by atoms with Crippen molar-refractivity contribution in [2.45, 2.75) is 6.42 Å². The Labute approximate surface area is 52.6 Å². The van der Waals surface area contributed by atoms with Crippen molar-refractivity contribution >= 4 is 22.7 Å². The maximum Gasteiger partial charge on any atom is 0.187 e. The molecule has 0 aliphatic rings. The number of hydrogen-bond acceptors (Lipinski definition) is 3. The highest BCUT2D eigenvalue weighted by molar-refractivity contribution is 6.65. The first-order valence-electron chi connectivity index (χ1n) is 2.01. The zero-order valence-electron chi connectivity index (χ0n) is 4.49. The summed E-state index contributed by atoms with van der Waals surface area (Å²) in [7, 11) is 1.38. The molecule has 0 radical (unpaired) electrons. The molecule has 0 bridgehead atoms. The standard InChI is InChI=1S/C4H7ClN2O/c1-8-4(7)2-3(5)6/h6-7H,2H2,1H3. The summed E-state index contributed by atoms with van der Waals surface area (Å²) in [6, 6.07) is 0. The van der Waals surface area contributed by atoms with Gasteiger partial charge in [-0.1, -0.05) is 11.6 Å². The quantitative estimate of drug-likeness (QED) is 0.433. The lowest BCUT2D eigenvalue weighted by Gasteiger charge is -1.95. The molecule has 0 heterocycles. The SMILES string of the molecule is COC(=N)CC(=N)Cl. The minimum absolute atomic E-state index is 0.0185. The first kappa shape index (κ1) is 7.43. The molecule has 8 heavy (non-hydrogen) atoms. The van der Waals surface area contributed by atoms with Crippen LogP contribution in [0.3, 0.4) is 0 Å². The third-order valence-electron chi connectivity index (χ3n) is 0.562. The monoisotopic (exact) mass is 134 g/mol. The van der Waals surface area contributed by atoms with Crippen molar-refractivity contribution in [3.63, 3.8) is 0 Å². The summed E-state index contributed by atoms with van der Waals surface area (Å²) in [6.07, 6.45) is 0.0953. The maximum absolute atomic E-state index is 6.82. The van der Waals surface area contributed by atoms with Gasteiger partial charge in [0.15, 0.2) is 5.90 Å². The van der Waals surface area contributed by atoms with E-state index in [2.05, 4.69) is 4.74 Å². The highest BCUT2D eigenvalue weighted by Crippen LogP contribution is 1.90. The molecule has 0 rings (SSSR count). The van der Waals surface area contributed by atoms with Crippen molar-refractivity contribution in [2.75, 3.05) is 7.11 Å². The summed E-state index contributed by atoms with van der Waals surface area (Å²) >= 11 is 5.11. The number of ether oxygens (including phenoxy) is 1. The average Bonchev–Trinajstić information content (AvgIpc) is 1.65.